The summed E-state index contributed by atoms with van der Waals surface area (Å²) in [5.41, 5.74) is -0.0851. The molecular weight excluding hydrogens is 264 g/mol. The van der Waals surface area contributed by atoms with Gasteiger partial charge in [-0.3, -0.25) is 0 Å². The molecule has 0 fully saturated rings. The van der Waals surface area contributed by atoms with E-state index in [9.17, 15) is 8.78 Å². The van der Waals surface area contributed by atoms with Crippen LogP contribution in [0.1, 0.15) is 5.56 Å². The van der Waals surface area contributed by atoms with Gasteiger partial charge in [0, 0.05) is 5.56 Å². The fourth-order valence-electron chi connectivity index (χ4n) is 0.745. The SMILES string of the molecule is Fc1ccc(C(Cl)(Cl)Cl)c(Cl)c1F. The number of rotatable bonds is 0. The number of halogens is 6. The second-order valence-electron chi connectivity index (χ2n) is 2.22. The van der Waals surface area contributed by atoms with Gasteiger partial charge in [0.15, 0.2) is 11.6 Å². The summed E-state index contributed by atoms with van der Waals surface area (Å²) < 4.78 is 23.5. The minimum atomic E-state index is -1.86. The van der Waals surface area contributed by atoms with Crippen molar-refractivity contribution >= 4 is 46.4 Å². The monoisotopic (exact) mass is 264 g/mol. The second kappa shape index (κ2) is 3.77. The molecule has 1 aromatic carbocycles. The molecule has 0 nitrogen and oxygen atoms in total. The molecule has 0 radical (unpaired) electrons. The van der Waals surface area contributed by atoms with Crippen molar-refractivity contribution in [1.82, 2.24) is 0 Å². The van der Waals surface area contributed by atoms with Gasteiger partial charge in [-0.15, -0.1) is 0 Å². The van der Waals surface area contributed by atoms with E-state index in [1.807, 2.05) is 0 Å². The van der Waals surface area contributed by atoms with Gasteiger partial charge in [0.25, 0.3) is 0 Å². The molecule has 0 heterocycles. The standard InChI is InChI=1S/C7H2Cl4F2/c8-5-3(7(9,10)11)1-2-4(12)6(5)13/h1-2H. The Morgan fingerprint density at radius 1 is 1.08 bits per heavy atom. The molecule has 0 atom stereocenters. The first-order valence-electron chi connectivity index (χ1n) is 3.04. The molecule has 0 saturated carbocycles. The van der Waals surface area contributed by atoms with Crippen molar-refractivity contribution < 1.29 is 8.78 Å². The molecule has 1 rings (SSSR count). The fraction of sp³-hybridized carbons (Fsp3) is 0.143. The summed E-state index contributed by atoms with van der Waals surface area (Å²) in [4.78, 5) is 0. The Morgan fingerprint density at radius 3 is 2.08 bits per heavy atom. The van der Waals surface area contributed by atoms with Crippen molar-refractivity contribution in [3.8, 4) is 0 Å². The van der Waals surface area contributed by atoms with Crippen molar-refractivity contribution in [3.63, 3.8) is 0 Å². The number of hydrogen-bond acceptors (Lipinski definition) is 0. The van der Waals surface area contributed by atoms with Crippen LogP contribution in [0.25, 0.3) is 0 Å². The molecule has 72 valence electrons. The van der Waals surface area contributed by atoms with Crippen LogP contribution < -0.4 is 0 Å². The first kappa shape index (κ1) is 11.3. The Bertz CT molecular complexity index is 332. The molecule has 0 aliphatic carbocycles. The third-order valence-electron chi connectivity index (χ3n) is 1.34. The highest BCUT2D eigenvalue weighted by Gasteiger charge is 2.28. The minimum Gasteiger partial charge on any atom is -0.204 e. The van der Waals surface area contributed by atoms with E-state index >= 15 is 0 Å². The van der Waals surface area contributed by atoms with E-state index in [2.05, 4.69) is 0 Å². The van der Waals surface area contributed by atoms with Gasteiger partial charge >= 0.3 is 0 Å². The van der Waals surface area contributed by atoms with E-state index < -0.39 is 20.4 Å². The largest absolute Gasteiger partial charge is 0.217 e. The molecule has 13 heavy (non-hydrogen) atoms. The van der Waals surface area contributed by atoms with Crippen LogP contribution in [-0.4, -0.2) is 0 Å². The van der Waals surface area contributed by atoms with Crippen LogP contribution in [0.15, 0.2) is 12.1 Å². The average molecular weight is 266 g/mol. The molecule has 0 amide bonds. The van der Waals surface area contributed by atoms with Gasteiger partial charge in [0.2, 0.25) is 3.79 Å². The molecule has 0 bridgehead atoms. The molecular formula is C7H2Cl4F2. The van der Waals surface area contributed by atoms with Gasteiger partial charge < -0.3 is 0 Å². The Kier molecular flexibility index (Phi) is 3.29. The van der Waals surface area contributed by atoms with Crippen molar-refractivity contribution in [1.29, 1.82) is 0 Å². The molecule has 1 aromatic rings. The fourth-order valence-corrected chi connectivity index (χ4v) is 1.66. The summed E-state index contributed by atoms with van der Waals surface area (Å²) in [6.07, 6.45) is 0. The van der Waals surface area contributed by atoms with E-state index in [-0.39, 0.29) is 5.56 Å². The smallest absolute Gasteiger partial charge is 0.204 e. The zero-order valence-electron chi connectivity index (χ0n) is 5.92. The van der Waals surface area contributed by atoms with Crippen LogP contribution in [0, 0.1) is 11.6 Å². The summed E-state index contributed by atoms with van der Waals surface area (Å²) in [7, 11) is 0. The van der Waals surface area contributed by atoms with Crippen LogP contribution in [0.2, 0.25) is 5.02 Å². The first-order chi connectivity index (χ1) is 5.84. The van der Waals surface area contributed by atoms with Gasteiger partial charge in [-0.2, -0.15) is 0 Å². The van der Waals surface area contributed by atoms with Crippen molar-refractivity contribution in [2.45, 2.75) is 3.79 Å². The Morgan fingerprint density at radius 2 is 1.62 bits per heavy atom. The van der Waals surface area contributed by atoms with E-state index in [0.29, 0.717) is 0 Å². The van der Waals surface area contributed by atoms with Crippen molar-refractivity contribution in [2.24, 2.45) is 0 Å². The van der Waals surface area contributed by atoms with Gasteiger partial charge in [0.05, 0.1) is 5.02 Å². The third kappa shape index (κ3) is 2.38. The lowest BCUT2D eigenvalue weighted by Gasteiger charge is -2.13. The number of alkyl halides is 3. The third-order valence-corrected chi connectivity index (χ3v) is 2.32. The molecule has 0 aliphatic heterocycles. The molecule has 0 N–H and O–H groups in total. The predicted octanol–water partition coefficient (Wildman–Crippen LogP) is 4.44. The summed E-state index contributed by atoms with van der Waals surface area (Å²) in [6.45, 7) is 0. The maximum absolute atomic E-state index is 12.8. The highest BCUT2D eigenvalue weighted by Crippen LogP contribution is 2.42. The van der Waals surface area contributed by atoms with Crippen LogP contribution in [0.4, 0.5) is 8.78 Å². The lowest BCUT2D eigenvalue weighted by atomic mass is 10.2. The highest BCUT2D eigenvalue weighted by molar-refractivity contribution is 6.67. The van der Waals surface area contributed by atoms with Crippen LogP contribution in [0.3, 0.4) is 0 Å². The van der Waals surface area contributed by atoms with Crippen LogP contribution in [-0.2, 0) is 3.79 Å². The summed E-state index contributed by atoms with van der Waals surface area (Å²) in [5, 5.41) is -0.514. The molecule has 0 aromatic heterocycles. The van der Waals surface area contributed by atoms with E-state index in [1.54, 1.807) is 0 Å². The second-order valence-corrected chi connectivity index (χ2v) is 4.88. The minimum absolute atomic E-state index is 0.0851. The zero-order chi connectivity index (χ0) is 10.2. The summed E-state index contributed by atoms with van der Waals surface area (Å²) in [6, 6.07) is 1.96. The Balaban J connectivity index is 3.35. The summed E-state index contributed by atoms with van der Waals surface area (Å²) >= 11 is 21.8. The zero-order valence-corrected chi connectivity index (χ0v) is 8.95. The molecule has 6 heteroatoms. The average Bonchev–Trinajstić information content (AvgIpc) is 1.98. The van der Waals surface area contributed by atoms with Crippen molar-refractivity contribution in [2.75, 3.05) is 0 Å². The lowest BCUT2D eigenvalue weighted by molar-refractivity contribution is 0.507. The number of hydrogen-bond donors (Lipinski definition) is 0. The molecule has 0 spiro atoms. The van der Waals surface area contributed by atoms with E-state index in [4.69, 9.17) is 46.4 Å². The Labute approximate surface area is 93.3 Å². The maximum Gasteiger partial charge on any atom is 0.217 e. The highest BCUT2D eigenvalue weighted by atomic mass is 35.6. The quantitative estimate of drug-likeness (QED) is 0.480. The summed E-state index contributed by atoms with van der Waals surface area (Å²) in [5.74, 6) is -2.30. The van der Waals surface area contributed by atoms with Gasteiger partial charge in [-0.1, -0.05) is 52.5 Å². The van der Waals surface area contributed by atoms with E-state index in [1.165, 1.54) is 0 Å². The normalized spacial score (nSPS) is 11.8. The molecule has 0 unspecified atom stereocenters. The molecule has 0 saturated heterocycles. The predicted molar refractivity (Wildman–Crippen MR) is 50.6 cm³/mol. The van der Waals surface area contributed by atoms with Gasteiger partial charge in [-0.25, -0.2) is 8.78 Å². The maximum atomic E-state index is 12.8. The van der Waals surface area contributed by atoms with Crippen molar-refractivity contribution in [3.05, 3.63) is 34.4 Å². The van der Waals surface area contributed by atoms with E-state index in [0.717, 1.165) is 12.1 Å². The van der Waals surface area contributed by atoms with Gasteiger partial charge in [0.1, 0.15) is 0 Å². The lowest BCUT2D eigenvalue weighted by Crippen LogP contribution is -2.03. The van der Waals surface area contributed by atoms with Crippen LogP contribution >= 0.6 is 46.4 Å². The molecule has 0 aliphatic rings. The topological polar surface area (TPSA) is 0 Å². The Hall–Kier alpha value is 0.240. The number of benzene rings is 1. The van der Waals surface area contributed by atoms with Crippen LogP contribution in [0.5, 0.6) is 0 Å². The first-order valence-corrected chi connectivity index (χ1v) is 4.56. The van der Waals surface area contributed by atoms with Gasteiger partial charge in [-0.05, 0) is 6.07 Å².